The molecule has 3 nitrogen and oxygen atoms in total. The summed E-state index contributed by atoms with van der Waals surface area (Å²) in [6.45, 7) is 7.71. The second kappa shape index (κ2) is 5.50. The van der Waals surface area contributed by atoms with Crippen molar-refractivity contribution in [2.75, 3.05) is 13.1 Å². The van der Waals surface area contributed by atoms with Crippen molar-refractivity contribution in [2.24, 2.45) is 11.8 Å². The summed E-state index contributed by atoms with van der Waals surface area (Å²) in [4.78, 5) is 14.0. The molecular weight excluding hydrogens is 190 g/mol. The molecule has 1 N–H and O–H groups in total. The Morgan fingerprint density at radius 3 is 2.40 bits per heavy atom. The van der Waals surface area contributed by atoms with E-state index >= 15 is 0 Å². The van der Waals surface area contributed by atoms with Gasteiger partial charge >= 0.3 is 0 Å². The molecule has 0 saturated carbocycles. The number of likely N-dealkylation sites (tertiary alicyclic amines) is 1. The zero-order valence-electron chi connectivity index (χ0n) is 10.1. The highest BCUT2D eigenvalue weighted by molar-refractivity contribution is 5.78. The van der Waals surface area contributed by atoms with Crippen molar-refractivity contribution in [3.8, 4) is 0 Å². The highest BCUT2D eigenvalue weighted by atomic mass is 16.3. The molecular formula is C12H23NO2. The van der Waals surface area contributed by atoms with Gasteiger partial charge in [-0.1, -0.05) is 27.2 Å². The fraction of sp³-hybridized carbons (Fsp3) is 0.917. The first-order valence-corrected chi connectivity index (χ1v) is 6.03. The predicted octanol–water partition coefficient (Wildman–Crippen LogP) is 1.65. The Morgan fingerprint density at radius 2 is 1.93 bits per heavy atom. The second-order valence-corrected chi connectivity index (χ2v) is 4.73. The minimum atomic E-state index is -0.201. The molecule has 1 rings (SSSR count). The number of aliphatic hydroxyl groups is 1. The van der Waals surface area contributed by atoms with Crippen molar-refractivity contribution in [3.05, 3.63) is 0 Å². The summed E-state index contributed by atoms with van der Waals surface area (Å²) in [5.74, 6) is 0.825. The van der Waals surface area contributed by atoms with Crippen LogP contribution in [0.15, 0.2) is 0 Å². The van der Waals surface area contributed by atoms with Crippen LogP contribution in [0.5, 0.6) is 0 Å². The van der Waals surface area contributed by atoms with E-state index in [9.17, 15) is 9.90 Å². The molecule has 0 aromatic carbocycles. The molecule has 3 heteroatoms. The summed E-state index contributed by atoms with van der Waals surface area (Å²) in [6.07, 6.45) is 2.31. The number of aliphatic hydroxyl groups excluding tert-OH is 1. The first-order chi connectivity index (χ1) is 7.06. The number of carbonyl (C=O) groups excluding carboxylic acids is 1. The molecule has 0 aliphatic carbocycles. The summed E-state index contributed by atoms with van der Waals surface area (Å²) in [6, 6.07) is 0. The molecule has 1 fully saturated rings. The molecule has 2 atom stereocenters. The third kappa shape index (κ3) is 3.20. The van der Waals surface area contributed by atoms with Crippen LogP contribution >= 0.6 is 0 Å². The van der Waals surface area contributed by atoms with Gasteiger partial charge in [0.1, 0.15) is 0 Å². The monoisotopic (exact) mass is 213 g/mol. The van der Waals surface area contributed by atoms with Gasteiger partial charge in [0.15, 0.2) is 0 Å². The van der Waals surface area contributed by atoms with Crippen molar-refractivity contribution in [3.63, 3.8) is 0 Å². The van der Waals surface area contributed by atoms with E-state index in [1.807, 2.05) is 11.8 Å². The number of hydrogen-bond donors (Lipinski definition) is 1. The van der Waals surface area contributed by atoms with Gasteiger partial charge in [-0.2, -0.15) is 0 Å². The maximum Gasteiger partial charge on any atom is 0.225 e. The summed E-state index contributed by atoms with van der Waals surface area (Å²) >= 11 is 0. The minimum absolute atomic E-state index is 0.116. The van der Waals surface area contributed by atoms with Gasteiger partial charge in [0.25, 0.3) is 0 Å². The van der Waals surface area contributed by atoms with E-state index in [2.05, 4.69) is 13.8 Å². The fourth-order valence-corrected chi connectivity index (χ4v) is 1.97. The van der Waals surface area contributed by atoms with Crippen LogP contribution in [0.3, 0.4) is 0 Å². The molecule has 0 aromatic rings. The van der Waals surface area contributed by atoms with Gasteiger partial charge in [-0.15, -0.1) is 0 Å². The molecule has 0 aromatic heterocycles. The molecule has 0 spiro atoms. The molecule has 2 unspecified atom stereocenters. The van der Waals surface area contributed by atoms with Gasteiger partial charge in [-0.25, -0.2) is 0 Å². The van der Waals surface area contributed by atoms with Crippen LogP contribution in [0.4, 0.5) is 0 Å². The van der Waals surface area contributed by atoms with E-state index in [1.54, 1.807) is 0 Å². The lowest BCUT2D eigenvalue weighted by atomic mass is 9.91. The largest absolute Gasteiger partial charge is 0.393 e. The Bertz CT molecular complexity index is 210. The second-order valence-electron chi connectivity index (χ2n) is 4.73. The van der Waals surface area contributed by atoms with Crippen LogP contribution in [-0.4, -0.2) is 35.1 Å². The summed E-state index contributed by atoms with van der Waals surface area (Å²) in [5.41, 5.74) is 0. The van der Waals surface area contributed by atoms with E-state index in [4.69, 9.17) is 0 Å². The van der Waals surface area contributed by atoms with Crippen molar-refractivity contribution in [1.82, 2.24) is 4.90 Å². The van der Waals surface area contributed by atoms with Crippen molar-refractivity contribution in [1.29, 1.82) is 0 Å². The molecule has 1 aliphatic rings. The van der Waals surface area contributed by atoms with Crippen molar-refractivity contribution in [2.45, 2.75) is 46.1 Å². The lowest BCUT2D eigenvalue weighted by Crippen LogP contribution is -2.43. The van der Waals surface area contributed by atoms with Gasteiger partial charge < -0.3 is 10.0 Å². The lowest BCUT2D eigenvalue weighted by Gasteiger charge is -2.33. The third-order valence-corrected chi connectivity index (χ3v) is 3.66. The lowest BCUT2D eigenvalue weighted by molar-refractivity contribution is -0.138. The van der Waals surface area contributed by atoms with E-state index in [0.717, 1.165) is 32.4 Å². The third-order valence-electron chi connectivity index (χ3n) is 3.66. The average molecular weight is 213 g/mol. The van der Waals surface area contributed by atoms with Crippen LogP contribution in [0, 0.1) is 11.8 Å². The maximum absolute atomic E-state index is 12.0. The number of carbonyl (C=O) groups is 1. The smallest absolute Gasteiger partial charge is 0.225 e. The number of nitrogens with zero attached hydrogens (tertiary/aromatic N) is 1. The van der Waals surface area contributed by atoms with Gasteiger partial charge in [0, 0.05) is 19.0 Å². The Hall–Kier alpha value is -0.570. The molecule has 1 heterocycles. The quantitative estimate of drug-likeness (QED) is 0.774. The highest BCUT2D eigenvalue weighted by Crippen LogP contribution is 2.20. The Balaban J connectivity index is 2.46. The zero-order valence-corrected chi connectivity index (χ0v) is 10.1. The fourth-order valence-electron chi connectivity index (χ4n) is 1.97. The first-order valence-electron chi connectivity index (χ1n) is 6.03. The van der Waals surface area contributed by atoms with E-state index in [-0.39, 0.29) is 17.9 Å². The van der Waals surface area contributed by atoms with E-state index in [1.165, 1.54) is 0 Å². The van der Waals surface area contributed by atoms with E-state index < -0.39 is 0 Å². The van der Waals surface area contributed by atoms with Crippen LogP contribution in [0.1, 0.15) is 40.0 Å². The van der Waals surface area contributed by atoms with Crippen LogP contribution in [0.2, 0.25) is 0 Å². The zero-order chi connectivity index (χ0) is 11.4. The summed E-state index contributed by atoms with van der Waals surface area (Å²) in [5, 5.41) is 9.36. The summed E-state index contributed by atoms with van der Waals surface area (Å²) in [7, 11) is 0. The Labute approximate surface area is 92.5 Å². The SMILES string of the molecule is CCC(C)C(C)C(=O)N1CCC(O)CC1. The molecule has 88 valence electrons. The molecule has 15 heavy (non-hydrogen) atoms. The van der Waals surface area contributed by atoms with Crippen LogP contribution < -0.4 is 0 Å². The standard InChI is InChI=1S/C12H23NO2/c1-4-9(2)10(3)12(15)13-7-5-11(14)6-8-13/h9-11,14H,4-8H2,1-3H3. The molecule has 1 aliphatic heterocycles. The molecule has 1 amide bonds. The highest BCUT2D eigenvalue weighted by Gasteiger charge is 2.27. The van der Waals surface area contributed by atoms with E-state index in [0.29, 0.717) is 5.92 Å². The number of rotatable bonds is 3. The Kier molecular flexibility index (Phi) is 4.58. The van der Waals surface area contributed by atoms with Gasteiger partial charge in [0.05, 0.1) is 6.10 Å². The minimum Gasteiger partial charge on any atom is -0.393 e. The molecule has 0 bridgehead atoms. The molecule has 1 saturated heterocycles. The van der Waals surface area contributed by atoms with Gasteiger partial charge in [0.2, 0.25) is 5.91 Å². The number of piperidine rings is 1. The molecule has 0 radical (unpaired) electrons. The van der Waals surface area contributed by atoms with Crippen LogP contribution in [0.25, 0.3) is 0 Å². The Morgan fingerprint density at radius 1 is 1.40 bits per heavy atom. The average Bonchev–Trinajstić information content (AvgIpc) is 2.27. The van der Waals surface area contributed by atoms with Crippen LogP contribution in [-0.2, 0) is 4.79 Å². The van der Waals surface area contributed by atoms with Crippen molar-refractivity contribution >= 4 is 5.91 Å². The summed E-state index contributed by atoms with van der Waals surface area (Å²) < 4.78 is 0. The number of hydrogen-bond acceptors (Lipinski definition) is 2. The number of amides is 1. The first kappa shape index (κ1) is 12.5. The van der Waals surface area contributed by atoms with Gasteiger partial charge in [-0.3, -0.25) is 4.79 Å². The normalized spacial score (nSPS) is 22.5. The van der Waals surface area contributed by atoms with Gasteiger partial charge in [-0.05, 0) is 18.8 Å². The predicted molar refractivity (Wildman–Crippen MR) is 60.4 cm³/mol. The van der Waals surface area contributed by atoms with Crippen molar-refractivity contribution < 1.29 is 9.90 Å². The topological polar surface area (TPSA) is 40.5 Å². The maximum atomic E-state index is 12.0.